The lowest BCUT2D eigenvalue weighted by Gasteiger charge is -2.48. The van der Waals surface area contributed by atoms with Crippen LogP contribution in [0.25, 0.3) is 0 Å². The van der Waals surface area contributed by atoms with E-state index in [-0.39, 0.29) is 18.9 Å². The maximum absolute atomic E-state index is 13.6. The van der Waals surface area contributed by atoms with Gasteiger partial charge in [0.05, 0.1) is 38.6 Å². The average molecular weight is 1560 g/mol. The SMILES string of the molecule is CCCCCCCCCC/C=C\CCCCCCCCCCCCCCCCCCCCCCCCCC(=O)NC(COC1OC(CO)C(OC2OC(CO)C(OC3OC(CO)C(O)C(O)C3O)C(O)C2O)C(O)C1O)C(O)CCCCCCCCCCCCCCCCCCCCCCCCCCCCCCC. The van der Waals surface area contributed by atoms with E-state index in [0.717, 1.165) is 44.9 Å². The first-order valence-electron chi connectivity index (χ1n) is 46.4. The quantitative estimate of drug-likeness (QED) is 0.0199. The summed E-state index contributed by atoms with van der Waals surface area (Å²) in [6.07, 6.45) is 60.5. The number of unbranched alkanes of at least 4 members (excludes halogenated alkanes) is 59. The van der Waals surface area contributed by atoms with E-state index in [1.807, 2.05) is 0 Å². The third kappa shape index (κ3) is 49.4. The van der Waals surface area contributed by atoms with Crippen molar-refractivity contribution in [3.63, 3.8) is 0 Å². The summed E-state index contributed by atoms with van der Waals surface area (Å²) in [4.78, 5) is 13.6. The Balaban J connectivity index is 1.30. The maximum Gasteiger partial charge on any atom is 0.220 e. The Morgan fingerprint density at radius 2 is 0.578 bits per heavy atom. The molecule has 0 saturated carbocycles. The lowest BCUT2D eigenvalue weighted by atomic mass is 9.96. The van der Waals surface area contributed by atoms with Crippen LogP contribution in [0.5, 0.6) is 0 Å². The molecule has 0 aromatic rings. The zero-order valence-corrected chi connectivity index (χ0v) is 69.8. The van der Waals surface area contributed by atoms with Crippen molar-refractivity contribution >= 4 is 5.91 Å². The van der Waals surface area contributed by atoms with Gasteiger partial charge >= 0.3 is 0 Å². The largest absolute Gasteiger partial charge is 0.394 e. The molecule has 1 amide bonds. The molecule has 3 rings (SSSR count). The zero-order chi connectivity index (χ0) is 78.8. The van der Waals surface area contributed by atoms with E-state index in [1.54, 1.807) is 0 Å². The average Bonchev–Trinajstić information content (AvgIpc) is 0.749. The number of allylic oxidation sites excluding steroid dienone is 2. The van der Waals surface area contributed by atoms with Crippen molar-refractivity contribution in [1.82, 2.24) is 5.32 Å². The molecule has 17 atom stereocenters. The Labute approximate surface area is 665 Å². The van der Waals surface area contributed by atoms with E-state index in [2.05, 4.69) is 31.3 Å². The molecule has 0 bridgehead atoms. The monoisotopic (exact) mass is 1560 g/mol. The molecule has 3 fully saturated rings. The molecule has 19 nitrogen and oxygen atoms in total. The second-order valence-electron chi connectivity index (χ2n) is 33.5. The molecular formula is C90H173NO18. The molecule has 0 aromatic heterocycles. The molecule has 0 aliphatic carbocycles. The van der Waals surface area contributed by atoms with Crippen LogP contribution in [-0.4, -0.2) is 193 Å². The number of nitrogens with one attached hydrogen (secondary N) is 1. The van der Waals surface area contributed by atoms with E-state index in [4.69, 9.17) is 28.4 Å². The van der Waals surface area contributed by atoms with Crippen molar-refractivity contribution in [3.8, 4) is 0 Å². The molecule has 3 aliphatic rings. The van der Waals surface area contributed by atoms with Crippen molar-refractivity contribution < 1.29 is 89.4 Å². The normalized spacial score (nSPS) is 25.2. The highest BCUT2D eigenvalue weighted by atomic mass is 16.8. The number of aliphatic hydroxyl groups is 11. The number of ether oxygens (including phenoxy) is 6. The van der Waals surface area contributed by atoms with Crippen LogP contribution in [0.15, 0.2) is 12.2 Å². The van der Waals surface area contributed by atoms with Gasteiger partial charge in [-0.3, -0.25) is 4.79 Å². The second kappa shape index (κ2) is 70.7. The van der Waals surface area contributed by atoms with Gasteiger partial charge in [-0.25, -0.2) is 0 Å². The molecule has 0 spiro atoms. The summed E-state index contributed by atoms with van der Waals surface area (Å²) < 4.78 is 34.6. The number of hydrogen-bond donors (Lipinski definition) is 12. The summed E-state index contributed by atoms with van der Waals surface area (Å²) in [5.74, 6) is -0.232. The van der Waals surface area contributed by atoms with Crippen molar-refractivity contribution in [2.75, 3.05) is 26.4 Å². The van der Waals surface area contributed by atoms with Gasteiger partial charge in [0.1, 0.15) is 73.2 Å². The van der Waals surface area contributed by atoms with Crippen LogP contribution in [0.2, 0.25) is 0 Å². The summed E-state index contributed by atoms with van der Waals surface area (Å²) in [5, 5.41) is 121. The van der Waals surface area contributed by atoms with Gasteiger partial charge in [0, 0.05) is 6.42 Å². The first kappa shape index (κ1) is 102. The minimum Gasteiger partial charge on any atom is -0.394 e. The van der Waals surface area contributed by atoms with Crippen LogP contribution >= 0.6 is 0 Å². The highest BCUT2D eigenvalue weighted by Crippen LogP contribution is 2.34. The fourth-order valence-corrected chi connectivity index (χ4v) is 16.2. The zero-order valence-electron chi connectivity index (χ0n) is 69.8. The van der Waals surface area contributed by atoms with E-state index in [0.29, 0.717) is 12.8 Å². The number of aliphatic hydroxyl groups excluding tert-OH is 11. The van der Waals surface area contributed by atoms with Crippen molar-refractivity contribution in [2.45, 2.75) is 529 Å². The second-order valence-corrected chi connectivity index (χ2v) is 33.5. The van der Waals surface area contributed by atoms with Gasteiger partial charge < -0.3 is 89.9 Å². The van der Waals surface area contributed by atoms with Gasteiger partial charge in [-0.05, 0) is 38.5 Å². The Kier molecular flexibility index (Phi) is 66.0. The van der Waals surface area contributed by atoms with Crippen LogP contribution in [-0.2, 0) is 33.2 Å². The van der Waals surface area contributed by atoms with Gasteiger partial charge in [0.25, 0.3) is 0 Å². The topological polar surface area (TPSA) is 307 Å². The summed E-state index contributed by atoms with van der Waals surface area (Å²) in [6.45, 7) is 1.89. The molecule has 17 unspecified atom stereocenters. The third-order valence-electron chi connectivity index (χ3n) is 23.6. The van der Waals surface area contributed by atoms with Gasteiger partial charge in [-0.2, -0.15) is 0 Å². The predicted molar refractivity (Wildman–Crippen MR) is 439 cm³/mol. The van der Waals surface area contributed by atoms with Gasteiger partial charge in [-0.1, -0.05) is 392 Å². The number of rotatable bonds is 77. The fourth-order valence-electron chi connectivity index (χ4n) is 16.2. The number of amides is 1. The molecular weight excluding hydrogens is 1380 g/mol. The van der Waals surface area contributed by atoms with Gasteiger partial charge in [-0.15, -0.1) is 0 Å². The van der Waals surface area contributed by atoms with Gasteiger partial charge in [0.15, 0.2) is 18.9 Å². The fraction of sp³-hybridized carbons (Fsp3) is 0.967. The van der Waals surface area contributed by atoms with Crippen molar-refractivity contribution in [1.29, 1.82) is 0 Å². The summed E-state index contributed by atoms with van der Waals surface area (Å²) in [6, 6.07) is -0.886. The van der Waals surface area contributed by atoms with Crippen molar-refractivity contribution in [2.24, 2.45) is 0 Å². The number of carbonyl (C=O) groups excluding carboxylic acids is 1. The lowest BCUT2D eigenvalue weighted by Crippen LogP contribution is -2.66. The van der Waals surface area contributed by atoms with Crippen LogP contribution in [0.4, 0.5) is 0 Å². The molecule has 3 heterocycles. The summed E-state index contributed by atoms with van der Waals surface area (Å²) in [7, 11) is 0. The lowest BCUT2D eigenvalue weighted by molar-refractivity contribution is -0.379. The minimum absolute atomic E-state index is 0.232. The maximum atomic E-state index is 13.6. The third-order valence-corrected chi connectivity index (χ3v) is 23.6. The first-order valence-corrected chi connectivity index (χ1v) is 46.4. The van der Waals surface area contributed by atoms with Crippen LogP contribution in [0, 0.1) is 0 Å². The summed E-state index contributed by atoms with van der Waals surface area (Å²) >= 11 is 0. The molecule has 0 aromatic carbocycles. The Morgan fingerprint density at radius 3 is 0.890 bits per heavy atom. The van der Waals surface area contributed by atoms with Crippen LogP contribution < -0.4 is 5.32 Å². The van der Waals surface area contributed by atoms with Crippen molar-refractivity contribution in [3.05, 3.63) is 12.2 Å². The predicted octanol–water partition coefficient (Wildman–Crippen LogP) is 17.9. The molecule has 3 saturated heterocycles. The first-order chi connectivity index (χ1) is 53.3. The standard InChI is InChI=1S/C90H173NO18/c1-3-5-7-9-11-13-15-17-19-21-23-25-27-29-31-33-34-35-36-37-38-40-42-44-46-48-50-52-54-56-58-60-62-64-66-68-78(96)91-73(74(95)67-65-63-61-59-57-55-53-51-49-47-45-43-41-39-32-30-28-26-24-22-20-18-16-14-12-10-8-6-4-2)72-104-88-84(102)81(99)86(76(70-93)106-88)109-90-85(103)82(100)87(77(71-94)107-90)108-89-83(101)80(98)79(97)75(69-92)105-89/h21,23,73-77,79-90,92-95,97-103H,3-20,22,24-72H2,1-2H3,(H,91,96)/b23-21-. The van der Waals surface area contributed by atoms with E-state index >= 15 is 0 Å². The van der Waals surface area contributed by atoms with Crippen LogP contribution in [0.3, 0.4) is 0 Å². The number of hydrogen-bond acceptors (Lipinski definition) is 18. The van der Waals surface area contributed by atoms with E-state index < -0.39 is 124 Å². The molecule has 19 heteroatoms. The molecule has 12 N–H and O–H groups in total. The Bertz CT molecular complexity index is 2010. The molecule has 0 radical (unpaired) electrons. The van der Waals surface area contributed by atoms with Crippen LogP contribution in [0.1, 0.15) is 425 Å². The summed E-state index contributed by atoms with van der Waals surface area (Å²) in [5.41, 5.74) is 0. The Hall–Kier alpha value is -1.47. The molecule has 646 valence electrons. The van der Waals surface area contributed by atoms with Gasteiger partial charge in [0.2, 0.25) is 5.91 Å². The Morgan fingerprint density at radius 1 is 0.321 bits per heavy atom. The van der Waals surface area contributed by atoms with E-state index in [1.165, 1.54) is 347 Å². The van der Waals surface area contributed by atoms with E-state index in [9.17, 15) is 61.0 Å². The highest BCUT2D eigenvalue weighted by molar-refractivity contribution is 5.76. The minimum atomic E-state index is -1.97. The number of carbonyl (C=O) groups is 1. The smallest absolute Gasteiger partial charge is 0.220 e. The molecule has 3 aliphatic heterocycles. The molecule has 109 heavy (non-hydrogen) atoms. The highest BCUT2D eigenvalue weighted by Gasteiger charge is 2.54.